The van der Waals surface area contributed by atoms with E-state index in [-0.39, 0.29) is 11.1 Å². The van der Waals surface area contributed by atoms with E-state index in [1.54, 1.807) is 6.07 Å². The second kappa shape index (κ2) is 4.88. The number of halogens is 1. The van der Waals surface area contributed by atoms with Crippen LogP contribution in [0, 0.1) is 17.1 Å². The lowest BCUT2D eigenvalue weighted by Gasteiger charge is -2.04. The Labute approximate surface area is 81.6 Å². The summed E-state index contributed by atoms with van der Waals surface area (Å²) in [7, 11) is 0. The lowest BCUT2D eigenvalue weighted by atomic mass is 10.3. The van der Waals surface area contributed by atoms with Gasteiger partial charge in [0.05, 0.1) is 11.3 Å². The van der Waals surface area contributed by atoms with Crippen molar-refractivity contribution in [3.8, 4) is 6.07 Å². The normalized spacial score (nSPS) is 12.1. The summed E-state index contributed by atoms with van der Waals surface area (Å²) in [4.78, 5) is 0.813. The van der Waals surface area contributed by atoms with Crippen molar-refractivity contribution in [1.82, 2.24) is 0 Å². The van der Waals surface area contributed by atoms with Crippen molar-refractivity contribution in [2.75, 3.05) is 0 Å². The third-order valence-corrected chi connectivity index (χ3v) is 2.84. The average molecular weight is 195 g/mol. The van der Waals surface area contributed by atoms with Crippen molar-refractivity contribution in [2.45, 2.75) is 23.5 Å². The van der Waals surface area contributed by atoms with Gasteiger partial charge in [-0.15, -0.1) is 11.8 Å². The molecule has 0 fully saturated rings. The van der Waals surface area contributed by atoms with Crippen LogP contribution < -0.4 is 0 Å². The molecule has 0 aliphatic carbocycles. The Kier molecular flexibility index (Phi) is 3.78. The van der Waals surface area contributed by atoms with Gasteiger partial charge in [0.25, 0.3) is 0 Å². The fourth-order valence-corrected chi connectivity index (χ4v) is 1.79. The number of nitriles is 1. The number of thioether (sulfide) groups is 1. The summed E-state index contributed by atoms with van der Waals surface area (Å²) in [5, 5.41) is 8.61. The van der Waals surface area contributed by atoms with Gasteiger partial charge >= 0.3 is 0 Å². The highest BCUT2D eigenvalue weighted by Crippen LogP contribution is 2.25. The quantitative estimate of drug-likeness (QED) is 0.691. The zero-order chi connectivity index (χ0) is 9.68. The number of rotatable bonds is 3. The highest BCUT2D eigenvalue weighted by molar-refractivity contribution is 8.00. The minimum Gasteiger partial charge on any atom is -0.207 e. The molecule has 1 unspecified atom stereocenters. The molecular weight excluding hydrogens is 185 g/mol. The first kappa shape index (κ1) is 10.1. The zero-order valence-corrected chi connectivity index (χ0v) is 8.14. The van der Waals surface area contributed by atoms with Crippen molar-refractivity contribution < 1.29 is 4.39 Å². The molecule has 68 valence electrons. The molecule has 0 saturated heterocycles. The number of hydrogen-bond donors (Lipinski definition) is 0. The van der Waals surface area contributed by atoms with E-state index in [0.717, 1.165) is 11.3 Å². The highest BCUT2D eigenvalue weighted by atomic mass is 32.2. The molecule has 0 aromatic heterocycles. The number of hydrogen-bond acceptors (Lipinski definition) is 2. The van der Waals surface area contributed by atoms with Crippen molar-refractivity contribution in [3.63, 3.8) is 0 Å². The Bertz CT molecular complexity index is 319. The predicted octanol–water partition coefficient (Wildman–Crippen LogP) is 3.22. The summed E-state index contributed by atoms with van der Waals surface area (Å²) in [5.74, 6) is -0.252. The van der Waals surface area contributed by atoms with Crippen LogP contribution in [0.2, 0.25) is 0 Å². The molecule has 0 aliphatic heterocycles. The third kappa shape index (κ3) is 3.08. The Morgan fingerprint density at radius 2 is 2.38 bits per heavy atom. The maximum atomic E-state index is 12.7. The van der Waals surface area contributed by atoms with Gasteiger partial charge in [0.1, 0.15) is 5.82 Å². The Balaban J connectivity index is 2.69. The van der Waals surface area contributed by atoms with E-state index >= 15 is 0 Å². The molecule has 0 radical (unpaired) electrons. The lowest BCUT2D eigenvalue weighted by Crippen LogP contribution is -1.94. The topological polar surface area (TPSA) is 23.8 Å². The van der Waals surface area contributed by atoms with E-state index in [1.165, 1.54) is 23.9 Å². The molecule has 1 aromatic rings. The summed E-state index contributed by atoms with van der Waals surface area (Å²) >= 11 is 1.40. The van der Waals surface area contributed by atoms with E-state index in [4.69, 9.17) is 5.26 Å². The molecule has 3 heteroatoms. The largest absolute Gasteiger partial charge is 0.207 e. The van der Waals surface area contributed by atoms with Gasteiger partial charge in [-0.1, -0.05) is 13.0 Å². The molecule has 0 saturated carbocycles. The van der Waals surface area contributed by atoms with E-state index in [0.29, 0.717) is 0 Å². The Morgan fingerprint density at radius 1 is 1.62 bits per heavy atom. The number of nitrogens with zero attached hydrogens (tertiary/aromatic N) is 1. The van der Waals surface area contributed by atoms with E-state index in [9.17, 15) is 4.39 Å². The van der Waals surface area contributed by atoms with Crippen LogP contribution in [-0.4, -0.2) is 5.25 Å². The van der Waals surface area contributed by atoms with Gasteiger partial charge in [0.2, 0.25) is 0 Å². The van der Waals surface area contributed by atoms with Crippen molar-refractivity contribution in [3.05, 3.63) is 30.1 Å². The van der Waals surface area contributed by atoms with Crippen molar-refractivity contribution in [1.29, 1.82) is 5.26 Å². The SMILES string of the molecule is CCC(C#N)Sc1cccc(F)c1. The molecule has 0 N–H and O–H groups in total. The third-order valence-electron chi connectivity index (χ3n) is 1.59. The monoisotopic (exact) mass is 195 g/mol. The molecule has 1 nitrogen and oxygen atoms in total. The molecule has 0 heterocycles. The molecular formula is C10H10FNS. The van der Waals surface area contributed by atoms with Gasteiger partial charge in [-0.05, 0) is 24.6 Å². The van der Waals surface area contributed by atoms with Crippen LogP contribution >= 0.6 is 11.8 Å². The van der Waals surface area contributed by atoms with Crippen LogP contribution in [-0.2, 0) is 0 Å². The van der Waals surface area contributed by atoms with Gasteiger partial charge in [0.15, 0.2) is 0 Å². The summed E-state index contributed by atoms with van der Waals surface area (Å²) in [6, 6.07) is 8.48. The first-order valence-corrected chi connectivity index (χ1v) is 4.96. The van der Waals surface area contributed by atoms with E-state index in [1.807, 2.05) is 13.0 Å². The van der Waals surface area contributed by atoms with E-state index in [2.05, 4.69) is 6.07 Å². The van der Waals surface area contributed by atoms with Gasteiger partial charge < -0.3 is 0 Å². The summed E-state index contributed by atoms with van der Waals surface area (Å²) in [5.41, 5.74) is 0. The maximum absolute atomic E-state index is 12.7. The van der Waals surface area contributed by atoms with Gasteiger partial charge in [0, 0.05) is 4.90 Å². The molecule has 1 aromatic carbocycles. The molecule has 0 amide bonds. The Morgan fingerprint density at radius 3 is 2.92 bits per heavy atom. The molecule has 1 atom stereocenters. The van der Waals surface area contributed by atoms with Crippen LogP contribution in [0.1, 0.15) is 13.3 Å². The minimum atomic E-state index is -0.252. The van der Waals surface area contributed by atoms with Crippen LogP contribution in [0.15, 0.2) is 29.2 Å². The fourth-order valence-electron chi connectivity index (χ4n) is 0.906. The maximum Gasteiger partial charge on any atom is 0.124 e. The Hall–Kier alpha value is -1.01. The summed E-state index contributed by atoms with van der Waals surface area (Å²) in [6.07, 6.45) is 0.775. The van der Waals surface area contributed by atoms with Crippen molar-refractivity contribution >= 4 is 11.8 Å². The smallest absolute Gasteiger partial charge is 0.124 e. The fraction of sp³-hybridized carbons (Fsp3) is 0.300. The van der Waals surface area contributed by atoms with Crippen LogP contribution in [0.3, 0.4) is 0 Å². The van der Waals surface area contributed by atoms with Crippen LogP contribution in [0.25, 0.3) is 0 Å². The predicted molar refractivity (Wildman–Crippen MR) is 51.9 cm³/mol. The molecule has 0 spiro atoms. The average Bonchev–Trinajstić information content (AvgIpc) is 2.14. The lowest BCUT2D eigenvalue weighted by molar-refractivity contribution is 0.624. The van der Waals surface area contributed by atoms with E-state index < -0.39 is 0 Å². The second-order valence-corrected chi connectivity index (χ2v) is 3.88. The summed E-state index contributed by atoms with van der Waals surface area (Å²) < 4.78 is 12.7. The second-order valence-electron chi connectivity index (χ2n) is 2.60. The number of benzene rings is 1. The summed E-state index contributed by atoms with van der Waals surface area (Å²) in [6.45, 7) is 1.94. The molecule has 13 heavy (non-hydrogen) atoms. The molecule has 0 bridgehead atoms. The van der Waals surface area contributed by atoms with Crippen LogP contribution in [0.4, 0.5) is 4.39 Å². The van der Waals surface area contributed by atoms with Gasteiger partial charge in [-0.2, -0.15) is 5.26 Å². The molecule has 0 aliphatic rings. The standard InChI is InChI=1S/C10H10FNS/c1-2-9(7-12)13-10-5-3-4-8(11)6-10/h3-6,9H,2H2,1H3. The first-order valence-electron chi connectivity index (χ1n) is 4.08. The van der Waals surface area contributed by atoms with Gasteiger partial charge in [-0.3, -0.25) is 0 Å². The van der Waals surface area contributed by atoms with Crippen LogP contribution in [0.5, 0.6) is 0 Å². The minimum absolute atomic E-state index is 0.0817. The molecule has 1 rings (SSSR count). The highest BCUT2D eigenvalue weighted by Gasteiger charge is 2.06. The van der Waals surface area contributed by atoms with Gasteiger partial charge in [-0.25, -0.2) is 4.39 Å². The first-order chi connectivity index (χ1) is 6.26. The van der Waals surface area contributed by atoms with Crippen molar-refractivity contribution in [2.24, 2.45) is 0 Å². The zero-order valence-electron chi connectivity index (χ0n) is 7.33.